The van der Waals surface area contributed by atoms with E-state index in [1.54, 1.807) is 13.0 Å². The lowest BCUT2D eigenvalue weighted by molar-refractivity contribution is 0.313. The predicted molar refractivity (Wildman–Crippen MR) is 129 cm³/mol. The van der Waals surface area contributed by atoms with E-state index in [9.17, 15) is 8.78 Å². The third-order valence-corrected chi connectivity index (χ3v) is 6.47. The van der Waals surface area contributed by atoms with Gasteiger partial charge in [0.1, 0.15) is 0 Å². The Morgan fingerprint density at radius 1 is 0.875 bits per heavy atom. The van der Waals surface area contributed by atoms with Crippen molar-refractivity contribution in [1.82, 2.24) is 0 Å². The van der Waals surface area contributed by atoms with Crippen molar-refractivity contribution < 1.29 is 13.5 Å². The molecule has 1 aliphatic carbocycles. The van der Waals surface area contributed by atoms with Crippen LogP contribution >= 0.6 is 0 Å². The molecule has 0 aliphatic heterocycles. The molecule has 172 valence electrons. The highest BCUT2D eigenvalue weighted by Gasteiger charge is 2.20. The van der Waals surface area contributed by atoms with E-state index < -0.39 is 11.6 Å². The first-order valence-electron chi connectivity index (χ1n) is 12.1. The lowest BCUT2D eigenvalue weighted by Gasteiger charge is -2.27. The molecule has 1 saturated carbocycles. The van der Waals surface area contributed by atoms with Crippen LogP contribution in [-0.4, -0.2) is 6.61 Å². The molecular formula is C29H36F2O. The molecule has 1 nitrogen and oxygen atoms in total. The van der Waals surface area contributed by atoms with Crippen LogP contribution in [0.5, 0.6) is 5.75 Å². The van der Waals surface area contributed by atoms with Crippen molar-refractivity contribution in [3.63, 3.8) is 0 Å². The molecule has 0 saturated heterocycles. The Bertz CT molecular complexity index is 890. The maximum atomic E-state index is 14.2. The number of hydrogen-bond acceptors (Lipinski definition) is 1. The van der Waals surface area contributed by atoms with Crippen LogP contribution in [0.25, 0.3) is 0 Å². The minimum atomic E-state index is -0.877. The number of rotatable bonds is 10. The van der Waals surface area contributed by atoms with Crippen molar-refractivity contribution in [2.24, 2.45) is 5.92 Å². The molecule has 0 radical (unpaired) electrons. The molecule has 3 rings (SSSR count). The lowest BCUT2D eigenvalue weighted by atomic mass is 9.78. The highest BCUT2D eigenvalue weighted by Crippen LogP contribution is 2.36. The van der Waals surface area contributed by atoms with Gasteiger partial charge in [0, 0.05) is 0 Å². The first kappa shape index (κ1) is 24.2. The Morgan fingerprint density at radius 3 is 2.28 bits per heavy atom. The second kappa shape index (κ2) is 12.6. The standard InChI is InChI=1S/C29H36F2O/c1-3-5-6-9-22-12-16-24(17-13-22)25-18-14-23(15-19-25)10-7-8-11-26-20-21-27(32-4-2)29(31)28(26)30/h3,5,7,10,12-13,16-17,20-21,23,25H,4,6,8-9,11,14-15,18-19H2,1-2H3/b5-3+,10-7+. The molecule has 1 fully saturated rings. The van der Waals surface area contributed by atoms with Gasteiger partial charge in [-0.25, -0.2) is 4.39 Å². The van der Waals surface area contributed by atoms with Gasteiger partial charge in [-0.2, -0.15) is 4.39 Å². The molecule has 0 spiro atoms. The summed E-state index contributed by atoms with van der Waals surface area (Å²) < 4.78 is 33.3. The quantitative estimate of drug-likeness (QED) is 0.339. The van der Waals surface area contributed by atoms with Crippen LogP contribution in [0.3, 0.4) is 0 Å². The van der Waals surface area contributed by atoms with Crippen LogP contribution in [0.2, 0.25) is 0 Å². The Hall–Kier alpha value is -2.42. The Kier molecular flexibility index (Phi) is 9.52. The minimum Gasteiger partial charge on any atom is -0.491 e. The fourth-order valence-electron chi connectivity index (χ4n) is 4.58. The van der Waals surface area contributed by atoms with E-state index in [1.165, 1.54) is 42.9 Å². The summed E-state index contributed by atoms with van der Waals surface area (Å²) in [5.74, 6) is -0.419. The summed E-state index contributed by atoms with van der Waals surface area (Å²) in [6, 6.07) is 12.4. The second-order valence-electron chi connectivity index (χ2n) is 8.71. The third-order valence-electron chi connectivity index (χ3n) is 6.47. The van der Waals surface area contributed by atoms with Gasteiger partial charge in [-0.05, 0) is 99.8 Å². The highest BCUT2D eigenvalue weighted by molar-refractivity contribution is 5.31. The van der Waals surface area contributed by atoms with Crippen molar-refractivity contribution in [2.45, 2.75) is 71.1 Å². The molecule has 0 N–H and O–H groups in total. The van der Waals surface area contributed by atoms with E-state index in [4.69, 9.17) is 4.74 Å². The third kappa shape index (κ3) is 6.79. The molecule has 1 aliphatic rings. The average Bonchev–Trinajstić information content (AvgIpc) is 2.82. The first-order valence-corrected chi connectivity index (χ1v) is 12.1. The second-order valence-corrected chi connectivity index (χ2v) is 8.71. The zero-order valence-corrected chi connectivity index (χ0v) is 19.5. The van der Waals surface area contributed by atoms with Gasteiger partial charge in [-0.15, -0.1) is 0 Å². The molecule has 0 aromatic heterocycles. The largest absolute Gasteiger partial charge is 0.491 e. The van der Waals surface area contributed by atoms with E-state index in [-0.39, 0.29) is 5.75 Å². The Labute approximate surface area is 192 Å². The predicted octanol–water partition coefficient (Wildman–Crippen LogP) is 8.34. The number of halogens is 2. The topological polar surface area (TPSA) is 9.23 Å². The smallest absolute Gasteiger partial charge is 0.200 e. The molecule has 0 amide bonds. The van der Waals surface area contributed by atoms with Crippen molar-refractivity contribution in [1.29, 1.82) is 0 Å². The van der Waals surface area contributed by atoms with Gasteiger partial charge in [-0.1, -0.05) is 54.6 Å². The van der Waals surface area contributed by atoms with Gasteiger partial charge >= 0.3 is 0 Å². The van der Waals surface area contributed by atoms with Gasteiger partial charge in [-0.3, -0.25) is 0 Å². The van der Waals surface area contributed by atoms with Crippen LogP contribution < -0.4 is 4.74 Å². The molecule has 2 aromatic rings. The van der Waals surface area contributed by atoms with E-state index in [0.717, 1.165) is 19.3 Å². The molecule has 0 bridgehead atoms. The van der Waals surface area contributed by atoms with Crippen LogP contribution in [0, 0.1) is 17.6 Å². The first-order chi connectivity index (χ1) is 15.6. The van der Waals surface area contributed by atoms with Gasteiger partial charge in [0.25, 0.3) is 0 Å². The Balaban J connectivity index is 1.43. The zero-order chi connectivity index (χ0) is 22.8. The fraction of sp³-hybridized carbons (Fsp3) is 0.448. The van der Waals surface area contributed by atoms with Crippen LogP contribution in [-0.2, 0) is 12.8 Å². The average molecular weight is 439 g/mol. The highest BCUT2D eigenvalue weighted by atomic mass is 19.2. The molecule has 0 unspecified atom stereocenters. The number of allylic oxidation sites excluding steroid dienone is 4. The summed E-state index contributed by atoms with van der Waals surface area (Å²) in [5.41, 5.74) is 3.29. The summed E-state index contributed by atoms with van der Waals surface area (Å²) in [6.45, 7) is 4.15. The van der Waals surface area contributed by atoms with E-state index in [0.29, 0.717) is 30.4 Å². The SMILES string of the molecule is C/C=C/CCc1ccc(C2CCC(/C=C/CCc3ccc(OCC)c(F)c3F)CC2)cc1. The summed E-state index contributed by atoms with van der Waals surface area (Å²) in [7, 11) is 0. The molecular weight excluding hydrogens is 402 g/mol. The molecule has 0 heterocycles. The van der Waals surface area contributed by atoms with E-state index >= 15 is 0 Å². The summed E-state index contributed by atoms with van der Waals surface area (Å²) in [4.78, 5) is 0. The van der Waals surface area contributed by atoms with Crippen molar-refractivity contribution >= 4 is 0 Å². The number of benzene rings is 2. The van der Waals surface area contributed by atoms with Crippen molar-refractivity contribution in [3.8, 4) is 5.75 Å². The molecule has 3 heteroatoms. The Morgan fingerprint density at radius 2 is 1.59 bits per heavy atom. The fourth-order valence-corrected chi connectivity index (χ4v) is 4.58. The number of aryl methyl sites for hydroxylation is 2. The zero-order valence-electron chi connectivity index (χ0n) is 19.5. The van der Waals surface area contributed by atoms with Gasteiger partial charge in [0.2, 0.25) is 5.82 Å². The van der Waals surface area contributed by atoms with Gasteiger partial charge < -0.3 is 4.74 Å². The maximum Gasteiger partial charge on any atom is 0.200 e. The number of ether oxygens (including phenoxy) is 1. The lowest BCUT2D eigenvalue weighted by Crippen LogP contribution is -2.11. The normalized spacial score (nSPS) is 19.1. The number of hydrogen-bond donors (Lipinski definition) is 0. The molecule has 32 heavy (non-hydrogen) atoms. The molecule has 2 aromatic carbocycles. The van der Waals surface area contributed by atoms with E-state index in [2.05, 4.69) is 55.5 Å². The van der Waals surface area contributed by atoms with Crippen molar-refractivity contribution in [3.05, 3.63) is 89.0 Å². The minimum absolute atomic E-state index is 0.00987. The van der Waals surface area contributed by atoms with E-state index in [1.807, 2.05) is 0 Å². The maximum absolute atomic E-state index is 14.2. The summed E-state index contributed by atoms with van der Waals surface area (Å²) >= 11 is 0. The molecule has 0 atom stereocenters. The van der Waals surface area contributed by atoms with Crippen LogP contribution in [0.15, 0.2) is 60.7 Å². The van der Waals surface area contributed by atoms with Crippen molar-refractivity contribution in [2.75, 3.05) is 6.61 Å². The summed E-state index contributed by atoms with van der Waals surface area (Å²) in [5, 5.41) is 0. The monoisotopic (exact) mass is 438 g/mol. The summed E-state index contributed by atoms with van der Waals surface area (Å²) in [6.07, 6.45) is 17.0. The van der Waals surface area contributed by atoms with Gasteiger partial charge in [0.15, 0.2) is 11.6 Å². The van der Waals surface area contributed by atoms with Crippen LogP contribution in [0.1, 0.15) is 75.0 Å². The van der Waals surface area contributed by atoms with Crippen LogP contribution in [0.4, 0.5) is 8.78 Å². The van der Waals surface area contributed by atoms with Gasteiger partial charge in [0.05, 0.1) is 6.61 Å².